The highest BCUT2D eigenvalue weighted by atomic mass is 16.6. The van der Waals surface area contributed by atoms with Crippen LogP contribution in [0.5, 0.6) is 0 Å². The lowest BCUT2D eigenvalue weighted by atomic mass is 9.74. The molecule has 0 unspecified atom stereocenters. The summed E-state index contributed by atoms with van der Waals surface area (Å²) in [7, 11) is 3.45. The van der Waals surface area contributed by atoms with E-state index >= 15 is 0 Å². The van der Waals surface area contributed by atoms with Crippen LogP contribution >= 0.6 is 0 Å². The van der Waals surface area contributed by atoms with Crippen molar-refractivity contribution in [3.05, 3.63) is 99.1 Å². The fraction of sp³-hybridized carbons (Fsp3) is 0.174. The Morgan fingerprint density at radius 3 is 2.14 bits per heavy atom. The van der Waals surface area contributed by atoms with Gasteiger partial charge in [-0.05, 0) is 52.9 Å². The maximum absolute atomic E-state index is 12.5. The molecule has 1 aliphatic carbocycles. The van der Waals surface area contributed by atoms with Gasteiger partial charge in [0.25, 0.3) is 11.6 Å². The number of carbonyl (C=O) groups excluding carboxylic acids is 1. The van der Waals surface area contributed by atoms with Crippen LogP contribution in [-0.4, -0.2) is 29.8 Å². The molecule has 3 aromatic carbocycles. The molecule has 1 amide bonds. The second-order valence-electron chi connectivity index (χ2n) is 7.44. The van der Waals surface area contributed by atoms with Gasteiger partial charge in [-0.1, -0.05) is 36.4 Å². The zero-order valence-electron chi connectivity index (χ0n) is 16.0. The Kier molecular flexibility index (Phi) is 4.03. The summed E-state index contributed by atoms with van der Waals surface area (Å²) in [5, 5.41) is 11.4. The molecule has 0 saturated heterocycles. The minimum atomic E-state index is -0.583. The van der Waals surface area contributed by atoms with Crippen LogP contribution in [0.3, 0.4) is 0 Å². The summed E-state index contributed by atoms with van der Waals surface area (Å²) in [6.45, 7) is 2.07. The number of fused-ring (bicyclic) bond motifs is 3. The van der Waals surface area contributed by atoms with Crippen LogP contribution in [0.25, 0.3) is 11.1 Å². The molecule has 1 atom stereocenters. The SMILES string of the molecule is CN(C)C(=O)c1ccc2c(c1)[C@](C)(c1ccccc1)c1cc([N+](=O)[O-])ccc1-2. The lowest BCUT2D eigenvalue weighted by Crippen LogP contribution is -2.25. The molecule has 0 aromatic heterocycles. The number of nitro groups is 1. The number of rotatable bonds is 3. The zero-order valence-corrected chi connectivity index (χ0v) is 16.0. The van der Waals surface area contributed by atoms with Crippen molar-refractivity contribution in [3.63, 3.8) is 0 Å². The van der Waals surface area contributed by atoms with Crippen LogP contribution in [0.1, 0.15) is 34.0 Å². The Bertz CT molecular complexity index is 1110. The second-order valence-corrected chi connectivity index (χ2v) is 7.44. The molecule has 0 spiro atoms. The molecule has 140 valence electrons. The predicted molar refractivity (Wildman–Crippen MR) is 109 cm³/mol. The van der Waals surface area contributed by atoms with Gasteiger partial charge in [-0.2, -0.15) is 0 Å². The van der Waals surface area contributed by atoms with Crippen LogP contribution in [0, 0.1) is 10.1 Å². The monoisotopic (exact) mass is 372 g/mol. The first-order valence-corrected chi connectivity index (χ1v) is 9.05. The van der Waals surface area contributed by atoms with Crippen molar-refractivity contribution < 1.29 is 9.72 Å². The van der Waals surface area contributed by atoms with E-state index < -0.39 is 5.41 Å². The van der Waals surface area contributed by atoms with E-state index in [1.54, 1.807) is 25.1 Å². The number of nitrogens with zero attached hydrogens (tertiary/aromatic N) is 2. The summed E-state index contributed by atoms with van der Waals surface area (Å²) >= 11 is 0. The third-order valence-electron chi connectivity index (χ3n) is 5.61. The molecule has 0 heterocycles. The minimum absolute atomic E-state index is 0.0679. The van der Waals surface area contributed by atoms with Crippen LogP contribution < -0.4 is 0 Å². The molecule has 5 nitrogen and oxygen atoms in total. The fourth-order valence-electron chi connectivity index (χ4n) is 4.11. The van der Waals surface area contributed by atoms with E-state index in [4.69, 9.17) is 0 Å². The van der Waals surface area contributed by atoms with Gasteiger partial charge in [0.1, 0.15) is 0 Å². The lowest BCUT2D eigenvalue weighted by molar-refractivity contribution is -0.384. The Morgan fingerprint density at radius 1 is 0.929 bits per heavy atom. The highest BCUT2D eigenvalue weighted by Gasteiger charge is 2.42. The van der Waals surface area contributed by atoms with Gasteiger partial charge >= 0.3 is 0 Å². The Balaban J connectivity index is 2.02. The average molecular weight is 372 g/mol. The van der Waals surface area contributed by atoms with Gasteiger partial charge in [0.05, 0.1) is 4.92 Å². The number of amides is 1. The van der Waals surface area contributed by atoms with Crippen molar-refractivity contribution in [2.75, 3.05) is 14.1 Å². The van der Waals surface area contributed by atoms with Gasteiger partial charge in [-0.25, -0.2) is 0 Å². The molecule has 0 aliphatic heterocycles. The van der Waals surface area contributed by atoms with E-state index in [0.717, 1.165) is 27.8 Å². The standard InChI is InChI=1S/C23H20N2O3/c1-23(16-7-5-4-6-8-16)20-13-15(22(26)24(2)3)9-11-18(20)19-12-10-17(25(27)28)14-21(19)23/h4-14H,1-3H3/t23-/m0/s1. The van der Waals surface area contributed by atoms with Crippen molar-refractivity contribution in [1.82, 2.24) is 4.90 Å². The predicted octanol–water partition coefficient (Wildman–Crippen LogP) is 4.63. The molecule has 0 N–H and O–H groups in total. The van der Waals surface area contributed by atoms with Crippen LogP contribution in [-0.2, 0) is 5.41 Å². The van der Waals surface area contributed by atoms with Gasteiger partial charge in [-0.15, -0.1) is 0 Å². The Morgan fingerprint density at radius 2 is 1.54 bits per heavy atom. The summed E-state index contributed by atoms with van der Waals surface area (Å²) in [6.07, 6.45) is 0. The molecule has 28 heavy (non-hydrogen) atoms. The molecule has 0 fully saturated rings. The van der Waals surface area contributed by atoms with E-state index in [9.17, 15) is 14.9 Å². The molecule has 3 aromatic rings. The topological polar surface area (TPSA) is 63.5 Å². The number of benzene rings is 3. The van der Waals surface area contributed by atoms with Crippen LogP contribution in [0.2, 0.25) is 0 Å². The summed E-state index contributed by atoms with van der Waals surface area (Å²) < 4.78 is 0. The number of non-ortho nitro benzene ring substituents is 1. The number of hydrogen-bond donors (Lipinski definition) is 0. The second kappa shape index (κ2) is 6.30. The van der Waals surface area contributed by atoms with Crippen LogP contribution in [0.4, 0.5) is 5.69 Å². The Labute approximate surface area is 163 Å². The highest BCUT2D eigenvalue weighted by Crippen LogP contribution is 2.53. The van der Waals surface area contributed by atoms with Crippen molar-refractivity contribution in [2.45, 2.75) is 12.3 Å². The lowest BCUT2D eigenvalue weighted by Gasteiger charge is -2.28. The molecule has 0 bridgehead atoms. The molecule has 1 aliphatic rings. The first kappa shape index (κ1) is 17.9. The van der Waals surface area contributed by atoms with Gasteiger partial charge in [0.15, 0.2) is 0 Å². The van der Waals surface area contributed by atoms with Crippen molar-refractivity contribution >= 4 is 11.6 Å². The smallest absolute Gasteiger partial charge is 0.269 e. The largest absolute Gasteiger partial charge is 0.345 e. The van der Waals surface area contributed by atoms with E-state index in [1.807, 2.05) is 54.6 Å². The van der Waals surface area contributed by atoms with E-state index in [1.165, 1.54) is 6.07 Å². The molecular formula is C23H20N2O3. The first-order valence-electron chi connectivity index (χ1n) is 9.05. The molecule has 4 rings (SSSR count). The summed E-state index contributed by atoms with van der Waals surface area (Å²) in [5.41, 5.74) is 4.97. The zero-order chi connectivity index (χ0) is 20.1. The van der Waals surface area contributed by atoms with E-state index in [0.29, 0.717) is 5.56 Å². The molecular weight excluding hydrogens is 352 g/mol. The van der Waals surface area contributed by atoms with Crippen molar-refractivity contribution in [2.24, 2.45) is 0 Å². The van der Waals surface area contributed by atoms with Gasteiger partial charge < -0.3 is 4.90 Å². The summed E-state index contributed by atoms with van der Waals surface area (Å²) in [4.78, 5) is 25.1. The van der Waals surface area contributed by atoms with Crippen LogP contribution in [0.15, 0.2) is 66.7 Å². The first-order chi connectivity index (χ1) is 13.3. The van der Waals surface area contributed by atoms with Gasteiger partial charge in [0.2, 0.25) is 0 Å². The minimum Gasteiger partial charge on any atom is -0.345 e. The van der Waals surface area contributed by atoms with Crippen molar-refractivity contribution in [3.8, 4) is 11.1 Å². The molecule has 0 radical (unpaired) electrons. The molecule has 5 heteroatoms. The van der Waals surface area contributed by atoms with Gasteiger partial charge in [-0.3, -0.25) is 14.9 Å². The maximum Gasteiger partial charge on any atom is 0.269 e. The molecule has 0 saturated carbocycles. The summed E-state index contributed by atoms with van der Waals surface area (Å²) in [5.74, 6) is -0.0693. The third-order valence-corrected chi connectivity index (χ3v) is 5.61. The quantitative estimate of drug-likeness (QED) is 0.497. The van der Waals surface area contributed by atoms with Gasteiger partial charge in [0, 0.05) is 37.2 Å². The number of carbonyl (C=O) groups is 1. The fourth-order valence-corrected chi connectivity index (χ4v) is 4.11. The average Bonchev–Trinajstić information content (AvgIpc) is 2.97. The normalized spacial score (nSPS) is 17.0. The maximum atomic E-state index is 12.5. The number of nitro benzene ring substituents is 1. The van der Waals surface area contributed by atoms with E-state index in [-0.39, 0.29) is 16.5 Å². The highest BCUT2D eigenvalue weighted by molar-refractivity contribution is 5.96. The Hall–Kier alpha value is -3.47. The number of hydrogen-bond acceptors (Lipinski definition) is 3. The van der Waals surface area contributed by atoms with E-state index in [2.05, 4.69) is 6.92 Å². The summed E-state index contributed by atoms with van der Waals surface area (Å²) in [6, 6.07) is 20.6. The third kappa shape index (κ3) is 2.51. The van der Waals surface area contributed by atoms with Crippen molar-refractivity contribution in [1.29, 1.82) is 0 Å².